The van der Waals surface area contributed by atoms with Crippen molar-refractivity contribution in [2.24, 2.45) is 0 Å². The van der Waals surface area contributed by atoms with Gasteiger partial charge in [-0.25, -0.2) is 0 Å². The van der Waals surface area contributed by atoms with Crippen LogP contribution in [0.15, 0.2) is 17.5 Å². The molecule has 0 spiro atoms. The molecular weight excluding hydrogens is 210 g/mol. The summed E-state index contributed by atoms with van der Waals surface area (Å²) in [5.74, 6) is 0.0179. The molecule has 1 aromatic heterocycles. The van der Waals surface area contributed by atoms with Crippen LogP contribution in [0.5, 0.6) is 0 Å². The number of aliphatic hydroxyl groups is 1. The molecule has 1 rings (SSSR count). The molecular formula is C11H17NO2S. The predicted molar refractivity (Wildman–Crippen MR) is 61.9 cm³/mol. The Balaban J connectivity index is 2.24. The van der Waals surface area contributed by atoms with E-state index in [1.807, 2.05) is 24.4 Å². The highest BCUT2D eigenvalue weighted by Crippen LogP contribution is 2.10. The lowest BCUT2D eigenvalue weighted by Crippen LogP contribution is -2.36. The first-order chi connectivity index (χ1) is 7.26. The second-order valence-electron chi connectivity index (χ2n) is 3.43. The summed E-state index contributed by atoms with van der Waals surface area (Å²) in [5, 5.41) is 13.7. The summed E-state index contributed by atoms with van der Waals surface area (Å²) < 4.78 is 0. The Labute approximate surface area is 94.1 Å². The van der Waals surface area contributed by atoms with Gasteiger partial charge in [-0.05, 0) is 24.3 Å². The van der Waals surface area contributed by atoms with Crippen LogP contribution in [0.3, 0.4) is 0 Å². The highest BCUT2D eigenvalue weighted by atomic mass is 32.1. The SMILES string of the molecule is CCC(CO)NC(=O)CCc1cccs1. The maximum atomic E-state index is 11.4. The van der Waals surface area contributed by atoms with Crippen molar-refractivity contribution in [3.05, 3.63) is 22.4 Å². The summed E-state index contributed by atoms with van der Waals surface area (Å²) in [4.78, 5) is 12.7. The second kappa shape index (κ2) is 6.58. The van der Waals surface area contributed by atoms with Gasteiger partial charge in [-0.3, -0.25) is 4.79 Å². The third kappa shape index (κ3) is 4.44. The minimum Gasteiger partial charge on any atom is -0.394 e. The number of hydrogen-bond donors (Lipinski definition) is 2. The smallest absolute Gasteiger partial charge is 0.220 e. The van der Waals surface area contributed by atoms with Crippen LogP contribution in [-0.4, -0.2) is 23.7 Å². The van der Waals surface area contributed by atoms with Crippen molar-refractivity contribution in [1.82, 2.24) is 5.32 Å². The lowest BCUT2D eigenvalue weighted by molar-refractivity contribution is -0.122. The molecule has 4 heteroatoms. The van der Waals surface area contributed by atoms with Gasteiger partial charge in [0.15, 0.2) is 0 Å². The molecule has 0 saturated heterocycles. The van der Waals surface area contributed by atoms with E-state index in [2.05, 4.69) is 5.32 Å². The number of carbonyl (C=O) groups excluding carboxylic acids is 1. The molecule has 0 radical (unpaired) electrons. The highest BCUT2D eigenvalue weighted by molar-refractivity contribution is 7.09. The maximum absolute atomic E-state index is 11.4. The van der Waals surface area contributed by atoms with Gasteiger partial charge in [-0.2, -0.15) is 0 Å². The van der Waals surface area contributed by atoms with Crippen LogP contribution in [0.4, 0.5) is 0 Å². The molecule has 0 aliphatic carbocycles. The molecule has 2 N–H and O–H groups in total. The Bertz CT molecular complexity index is 281. The number of amides is 1. The molecule has 1 heterocycles. The topological polar surface area (TPSA) is 49.3 Å². The van der Waals surface area contributed by atoms with Crippen molar-refractivity contribution in [3.8, 4) is 0 Å². The number of aryl methyl sites for hydroxylation is 1. The molecule has 0 aromatic carbocycles. The van der Waals surface area contributed by atoms with Crippen molar-refractivity contribution < 1.29 is 9.90 Å². The van der Waals surface area contributed by atoms with Crippen molar-refractivity contribution in [3.63, 3.8) is 0 Å². The van der Waals surface area contributed by atoms with Gasteiger partial charge in [0, 0.05) is 11.3 Å². The lowest BCUT2D eigenvalue weighted by atomic mass is 10.2. The van der Waals surface area contributed by atoms with Crippen LogP contribution in [0.2, 0.25) is 0 Å². The minimum absolute atomic E-state index is 0.0151. The summed E-state index contributed by atoms with van der Waals surface area (Å²) in [7, 11) is 0. The van der Waals surface area contributed by atoms with E-state index >= 15 is 0 Å². The molecule has 15 heavy (non-hydrogen) atoms. The van der Waals surface area contributed by atoms with Crippen LogP contribution in [-0.2, 0) is 11.2 Å². The van der Waals surface area contributed by atoms with Gasteiger partial charge in [0.2, 0.25) is 5.91 Å². The lowest BCUT2D eigenvalue weighted by Gasteiger charge is -2.13. The number of thiophene rings is 1. The van der Waals surface area contributed by atoms with Crippen molar-refractivity contribution in [2.45, 2.75) is 32.2 Å². The monoisotopic (exact) mass is 227 g/mol. The molecule has 1 aromatic rings. The van der Waals surface area contributed by atoms with Crippen LogP contribution in [0.25, 0.3) is 0 Å². The molecule has 1 amide bonds. The summed E-state index contributed by atoms with van der Waals surface area (Å²) >= 11 is 1.67. The summed E-state index contributed by atoms with van der Waals surface area (Å²) in [5.41, 5.74) is 0. The molecule has 1 unspecified atom stereocenters. The Morgan fingerprint density at radius 1 is 1.67 bits per heavy atom. The molecule has 0 bridgehead atoms. The average molecular weight is 227 g/mol. The van der Waals surface area contributed by atoms with Gasteiger partial charge in [0.1, 0.15) is 0 Å². The van der Waals surface area contributed by atoms with Gasteiger partial charge >= 0.3 is 0 Å². The van der Waals surface area contributed by atoms with Crippen LogP contribution in [0.1, 0.15) is 24.6 Å². The first kappa shape index (κ1) is 12.2. The third-order valence-corrected chi connectivity index (χ3v) is 3.19. The van der Waals surface area contributed by atoms with Gasteiger partial charge in [-0.15, -0.1) is 11.3 Å². The van der Waals surface area contributed by atoms with Gasteiger partial charge < -0.3 is 10.4 Å². The molecule has 84 valence electrons. The van der Waals surface area contributed by atoms with E-state index in [4.69, 9.17) is 5.11 Å². The van der Waals surface area contributed by atoms with E-state index in [-0.39, 0.29) is 18.6 Å². The minimum atomic E-state index is -0.0964. The summed E-state index contributed by atoms with van der Waals surface area (Å²) in [6, 6.07) is 3.92. The number of rotatable bonds is 6. The fourth-order valence-electron chi connectivity index (χ4n) is 1.27. The quantitative estimate of drug-likeness (QED) is 0.775. The Hall–Kier alpha value is -0.870. The largest absolute Gasteiger partial charge is 0.394 e. The Morgan fingerprint density at radius 3 is 3.00 bits per heavy atom. The number of hydrogen-bond acceptors (Lipinski definition) is 3. The van der Waals surface area contributed by atoms with Crippen molar-refractivity contribution in [2.75, 3.05) is 6.61 Å². The van der Waals surface area contributed by atoms with Crippen LogP contribution in [0, 0.1) is 0 Å². The molecule has 3 nitrogen and oxygen atoms in total. The van der Waals surface area contributed by atoms with Crippen LogP contribution < -0.4 is 5.32 Å². The number of aliphatic hydroxyl groups excluding tert-OH is 1. The third-order valence-electron chi connectivity index (χ3n) is 2.26. The van der Waals surface area contributed by atoms with Crippen molar-refractivity contribution in [1.29, 1.82) is 0 Å². The zero-order valence-electron chi connectivity index (χ0n) is 8.90. The van der Waals surface area contributed by atoms with E-state index in [1.54, 1.807) is 11.3 Å². The fourth-order valence-corrected chi connectivity index (χ4v) is 1.98. The molecule has 0 aliphatic rings. The zero-order chi connectivity index (χ0) is 11.1. The molecule has 0 aliphatic heterocycles. The van der Waals surface area contributed by atoms with E-state index < -0.39 is 0 Å². The maximum Gasteiger partial charge on any atom is 0.220 e. The fraction of sp³-hybridized carbons (Fsp3) is 0.545. The van der Waals surface area contributed by atoms with Gasteiger partial charge in [-0.1, -0.05) is 13.0 Å². The first-order valence-electron chi connectivity index (χ1n) is 5.18. The van der Waals surface area contributed by atoms with E-state index in [9.17, 15) is 4.79 Å². The van der Waals surface area contributed by atoms with E-state index in [0.717, 1.165) is 12.8 Å². The summed E-state index contributed by atoms with van der Waals surface area (Å²) in [6.45, 7) is 1.96. The van der Waals surface area contributed by atoms with Gasteiger partial charge in [0.05, 0.1) is 12.6 Å². The molecule has 1 atom stereocenters. The zero-order valence-corrected chi connectivity index (χ0v) is 9.72. The number of carbonyl (C=O) groups is 1. The van der Waals surface area contributed by atoms with E-state index in [1.165, 1.54) is 4.88 Å². The standard InChI is InChI=1S/C11H17NO2S/c1-2-9(8-13)12-11(14)6-5-10-4-3-7-15-10/h3-4,7,9,13H,2,5-6,8H2,1H3,(H,12,14). The second-order valence-corrected chi connectivity index (χ2v) is 4.47. The predicted octanol–water partition coefficient (Wildman–Crippen LogP) is 1.57. The van der Waals surface area contributed by atoms with Crippen LogP contribution >= 0.6 is 11.3 Å². The summed E-state index contributed by atoms with van der Waals surface area (Å²) in [6.07, 6.45) is 2.05. The molecule has 0 saturated carbocycles. The normalized spacial score (nSPS) is 12.4. The van der Waals surface area contributed by atoms with Gasteiger partial charge in [0.25, 0.3) is 0 Å². The Morgan fingerprint density at radius 2 is 2.47 bits per heavy atom. The van der Waals surface area contributed by atoms with E-state index in [0.29, 0.717) is 6.42 Å². The number of nitrogens with one attached hydrogen (secondary N) is 1. The average Bonchev–Trinajstić information content (AvgIpc) is 2.75. The molecule has 0 fully saturated rings. The van der Waals surface area contributed by atoms with Crippen molar-refractivity contribution >= 4 is 17.2 Å². The highest BCUT2D eigenvalue weighted by Gasteiger charge is 2.08. The Kier molecular flexibility index (Phi) is 5.36. The first-order valence-corrected chi connectivity index (χ1v) is 6.06.